The van der Waals surface area contributed by atoms with E-state index in [4.69, 9.17) is 4.74 Å². The molecule has 2 rings (SSSR count). The molecule has 0 bridgehead atoms. The van der Waals surface area contributed by atoms with E-state index in [1.54, 1.807) is 24.1 Å². The van der Waals surface area contributed by atoms with Crippen LogP contribution < -0.4 is 4.74 Å². The number of halogens is 3. The zero-order valence-electron chi connectivity index (χ0n) is 10.0. The molecule has 0 aliphatic carbocycles. The van der Waals surface area contributed by atoms with Crippen LogP contribution in [0.2, 0.25) is 0 Å². The number of ether oxygens (including phenoxy) is 2. The van der Waals surface area contributed by atoms with Gasteiger partial charge in [0.15, 0.2) is 0 Å². The molecule has 0 saturated heterocycles. The van der Waals surface area contributed by atoms with Crippen LogP contribution in [0.1, 0.15) is 5.69 Å². The molecule has 7 heteroatoms. The van der Waals surface area contributed by atoms with Gasteiger partial charge in [0.05, 0.1) is 18.0 Å². The summed E-state index contributed by atoms with van der Waals surface area (Å²) >= 11 is 0. The van der Waals surface area contributed by atoms with Crippen molar-refractivity contribution in [2.24, 2.45) is 0 Å². The molecule has 1 heterocycles. The molecular formula is C12H11F3N2O2. The molecule has 0 radical (unpaired) electrons. The summed E-state index contributed by atoms with van der Waals surface area (Å²) in [5.41, 5.74) is 1.43. The molecule has 0 fully saturated rings. The van der Waals surface area contributed by atoms with Gasteiger partial charge in [0, 0.05) is 13.3 Å². The van der Waals surface area contributed by atoms with E-state index >= 15 is 0 Å². The Kier molecular flexibility index (Phi) is 3.75. The molecule has 0 atom stereocenters. The topological polar surface area (TPSA) is 36.3 Å². The molecule has 0 aliphatic heterocycles. The third-order valence-corrected chi connectivity index (χ3v) is 2.33. The Morgan fingerprint density at radius 1 is 1.16 bits per heavy atom. The Labute approximate surface area is 107 Å². The molecule has 0 N–H and O–H groups in total. The van der Waals surface area contributed by atoms with Crippen LogP contribution >= 0.6 is 0 Å². The maximum atomic E-state index is 12.0. The molecule has 0 saturated carbocycles. The SMILES string of the molecule is COCc1ccnn1-c1ccc(OC(F)(F)F)cc1. The minimum absolute atomic E-state index is 0.267. The molecule has 0 amide bonds. The summed E-state index contributed by atoms with van der Waals surface area (Å²) < 4.78 is 46.5. The first-order chi connectivity index (χ1) is 8.99. The average molecular weight is 272 g/mol. The fraction of sp³-hybridized carbons (Fsp3) is 0.250. The van der Waals surface area contributed by atoms with Gasteiger partial charge in [0.25, 0.3) is 0 Å². The van der Waals surface area contributed by atoms with Crippen LogP contribution in [-0.4, -0.2) is 23.3 Å². The van der Waals surface area contributed by atoms with Crippen molar-refractivity contribution in [1.29, 1.82) is 0 Å². The van der Waals surface area contributed by atoms with Crippen molar-refractivity contribution < 1.29 is 22.6 Å². The standard InChI is InChI=1S/C12H11F3N2O2/c1-18-8-10-6-7-16-17(10)9-2-4-11(5-3-9)19-12(13,14)15/h2-7H,8H2,1H3. The number of benzene rings is 1. The smallest absolute Gasteiger partial charge is 0.406 e. The number of nitrogens with zero attached hydrogens (tertiary/aromatic N) is 2. The van der Waals surface area contributed by atoms with Crippen molar-refractivity contribution in [2.45, 2.75) is 13.0 Å². The Morgan fingerprint density at radius 2 is 1.84 bits per heavy atom. The van der Waals surface area contributed by atoms with Crippen molar-refractivity contribution in [3.05, 3.63) is 42.2 Å². The molecule has 102 valence electrons. The second-order valence-corrected chi connectivity index (χ2v) is 3.71. The maximum absolute atomic E-state index is 12.0. The zero-order chi connectivity index (χ0) is 13.9. The van der Waals surface area contributed by atoms with Gasteiger partial charge in [-0.3, -0.25) is 0 Å². The lowest BCUT2D eigenvalue weighted by molar-refractivity contribution is -0.274. The van der Waals surface area contributed by atoms with E-state index in [0.717, 1.165) is 5.69 Å². The fourth-order valence-electron chi connectivity index (χ4n) is 1.61. The predicted molar refractivity (Wildman–Crippen MR) is 61.0 cm³/mol. The van der Waals surface area contributed by atoms with Crippen molar-refractivity contribution in [2.75, 3.05) is 7.11 Å². The summed E-state index contributed by atoms with van der Waals surface area (Å²) in [5.74, 6) is -0.267. The first-order valence-electron chi connectivity index (χ1n) is 5.37. The second-order valence-electron chi connectivity index (χ2n) is 3.71. The monoisotopic (exact) mass is 272 g/mol. The highest BCUT2D eigenvalue weighted by atomic mass is 19.4. The lowest BCUT2D eigenvalue weighted by Gasteiger charge is -2.10. The highest BCUT2D eigenvalue weighted by molar-refractivity contribution is 5.38. The number of hydrogen-bond donors (Lipinski definition) is 0. The van der Waals surface area contributed by atoms with Gasteiger partial charge in [0.1, 0.15) is 5.75 Å². The van der Waals surface area contributed by atoms with Gasteiger partial charge in [-0.15, -0.1) is 13.2 Å². The van der Waals surface area contributed by atoms with E-state index in [2.05, 4.69) is 9.84 Å². The first kappa shape index (κ1) is 13.4. The van der Waals surface area contributed by atoms with Gasteiger partial charge in [-0.05, 0) is 30.3 Å². The number of methoxy groups -OCH3 is 1. The Morgan fingerprint density at radius 3 is 2.42 bits per heavy atom. The van der Waals surface area contributed by atoms with Crippen molar-refractivity contribution in [1.82, 2.24) is 9.78 Å². The van der Waals surface area contributed by atoms with Gasteiger partial charge >= 0.3 is 6.36 Å². The van der Waals surface area contributed by atoms with Crippen LogP contribution in [0.15, 0.2) is 36.5 Å². The highest BCUT2D eigenvalue weighted by Crippen LogP contribution is 2.23. The Bertz CT molecular complexity index is 535. The van der Waals surface area contributed by atoms with E-state index in [1.807, 2.05) is 0 Å². The number of aromatic nitrogens is 2. The van der Waals surface area contributed by atoms with Gasteiger partial charge < -0.3 is 9.47 Å². The lowest BCUT2D eigenvalue weighted by Crippen LogP contribution is -2.17. The summed E-state index contributed by atoms with van der Waals surface area (Å²) in [5, 5.41) is 4.08. The van der Waals surface area contributed by atoms with E-state index in [0.29, 0.717) is 12.3 Å². The van der Waals surface area contributed by atoms with Crippen molar-refractivity contribution in [3.8, 4) is 11.4 Å². The Balaban J connectivity index is 2.20. The lowest BCUT2D eigenvalue weighted by atomic mass is 10.3. The zero-order valence-corrected chi connectivity index (χ0v) is 10.0. The van der Waals surface area contributed by atoms with Gasteiger partial charge in [-0.25, -0.2) is 4.68 Å². The van der Waals surface area contributed by atoms with E-state index in [1.165, 1.54) is 24.3 Å². The first-order valence-corrected chi connectivity index (χ1v) is 5.37. The number of hydrogen-bond acceptors (Lipinski definition) is 3. The van der Waals surface area contributed by atoms with E-state index < -0.39 is 6.36 Å². The van der Waals surface area contributed by atoms with Crippen molar-refractivity contribution in [3.63, 3.8) is 0 Å². The molecule has 19 heavy (non-hydrogen) atoms. The van der Waals surface area contributed by atoms with Gasteiger partial charge in [-0.1, -0.05) is 0 Å². The molecule has 1 aromatic carbocycles. The van der Waals surface area contributed by atoms with Crippen LogP contribution in [0.25, 0.3) is 5.69 Å². The summed E-state index contributed by atoms with van der Waals surface area (Å²) in [6.07, 6.45) is -3.09. The summed E-state index contributed by atoms with van der Waals surface area (Å²) in [4.78, 5) is 0. The van der Waals surface area contributed by atoms with Crippen LogP contribution in [-0.2, 0) is 11.3 Å². The quantitative estimate of drug-likeness (QED) is 0.858. The normalized spacial score (nSPS) is 11.6. The highest BCUT2D eigenvalue weighted by Gasteiger charge is 2.30. The van der Waals surface area contributed by atoms with Crippen molar-refractivity contribution >= 4 is 0 Å². The molecule has 0 aliphatic rings. The third kappa shape index (κ3) is 3.47. The summed E-state index contributed by atoms with van der Waals surface area (Å²) in [6.45, 7) is 0.362. The fourth-order valence-corrected chi connectivity index (χ4v) is 1.61. The summed E-state index contributed by atoms with van der Waals surface area (Å²) in [7, 11) is 1.55. The molecule has 2 aromatic rings. The second kappa shape index (κ2) is 5.31. The van der Waals surface area contributed by atoms with Gasteiger partial charge in [-0.2, -0.15) is 5.10 Å². The maximum Gasteiger partial charge on any atom is 0.573 e. The van der Waals surface area contributed by atoms with Crippen LogP contribution in [0.3, 0.4) is 0 Å². The molecule has 4 nitrogen and oxygen atoms in total. The average Bonchev–Trinajstić information content (AvgIpc) is 2.77. The van der Waals surface area contributed by atoms with Crippen LogP contribution in [0, 0.1) is 0 Å². The van der Waals surface area contributed by atoms with E-state index in [9.17, 15) is 13.2 Å². The third-order valence-electron chi connectivity index (χ3n) is 2.33. The minimum Gasteiger partial charge on any atom is -0.406 e. The predicted octanol–water partition coefficient (Wildman–Crippen LogP) is 2.92. The van der Waals surface area contributed by atoms with Gasteiger partial charge in [0.2, 0.25) is 0 Å². The Hall–Kier alpha value is -2.02. The number of rotatable bonds is 4. The largest absolute Gasteiger partial charge is 0.573 e. The molecule has 1 aromatic heterocycles. The van der Waals surface area contributed by atoms with Crippen LogP contribution in [0.5, 0.6) is 5.75 Å². The molecule has 0 spiro atoms. The van der Waals surface area contributed by atoms with E-state index in [-0.39, 0.29) is 5.75 Å². The number of alkyl halides is 3. The van der Waals surface area contributed by atoms with Crippen LogP contribution in [0.4, 0.5) is 13.2 Å². The summed E-state index contributed by atoms with van der Waals surface area (Å²) in [6, 6.07) is 7.23. The molecular weight excluding hydrogens is 261 g/mol. The molecule has 0 unspecified atom stereocenters. The minimum atomic E-state index is -4.69.